The fourth-order valence-corrected chi connectivity index (χ4v) is 5.07. The van der Waals surface area contributed by atoms with Gasteiger partial charge in [0.2, 0.25) is 0 Å². The SMILES string of the molecule is CC1CC(c2ccc(F)cc2)(n2c(=O)ccn2C)C(c2ccnc(Oc3ccccc3)n2)CN1. The highest BCUT2D eigenvalue weighted by Crippen LogP contribution is 2.45. The summed E-state index contributed by atoms with van der Waals surface area (Å²) in [6.45, 7) is 2.66. The molecule has 0 saturated carbocycles. The Morgan fingerprint density at radius 1 is 1.09 bits per heavy atom. The van der Waals surface area contributed by atoms with Gasteiger partial charge in [0, 0.05) is 44.0 Å². The van der Waals surface area contributed by atoms with Crippen LogP contribution in [0.4, 0.5) is 4.39 Å². The van der Waals surface area contributed by atoms with E-state index in [9.17, 15) is 9.18 Å². The van der Waals surface area contributed by atoms with Gasteiger partial charge in [-0.05, 0) is 49.2 Å². The molecule has 1 saturated heterocycles. The molecule has 7 nitrogen and oxygen atoms in total. The van der Waals surface area contributed by atoms with Gasteiger partial charge in [-0.15, -0.1) is 0 Å². The van der Waals surface area contributed by atoms with Gasteiger partial charge in [-0.1, -0.05) is 30.3 Å². The molecule has 3 atom stereocenters. The van der Waals surface area contributed by atoms with E-state index in [1.807, 2.05) is 43.4 Å². The number of hydrogen-bond acceptors (Lipinski definition) is 5. The molecule has 0 bridgehead atoms. The summed E-state index contributed by atoms with van der Waals surface area (Å²) in [6.07, 6.45) is 4.03. The Balaban J connectivity index is 1.68. The van der Waals surface area contributed by atoms with E-state index >= 15 is 0 Å². The summed E-state index contributed by atoms with van der Waals surface area (Å²) >= 11 is 0. The minimum Gasteiger partial charge on any atom is -0.424 e. The summed E-state index contributed by atoms with van der Waals surface area (Å²) < 4.78 is 23.4. The Morgan fingerprint density at radius 2 is 1.85 bits per heavy atom. The number of ether oxygens (including phenoxy) is 1. The normalized spacial score (nSPS) is 22.4. The van der Waals surface area contributed by atoms with Crippen LogP contribution in [0.1, 0.15) is 30.5 Å². The molecule has 1 aliphatic heterocycles. The van der Waals surface area contributed by atoms with Gasteiger partial charge in [-0.3, -0.25) is 9.48 Å². The van der Waals surface area contributed by atoms with Crippen LogP contribution >= 0.6 is 0 Å². The van der Waals surface area contributed by atoms with Crippen LogP contribution in [0.5, 0.6) is 11.8 Å². The van der Waals surface area contributed by atoms with Gasteiger partial charge in [0.1, 0.15) is 17.1 Å². The lowest BCUT2D eigenvalue weighted by atomic mass is 9.70. The molecule has 2 aromatic heterocycles. The maximum atomic E-state index is 13.9. The Hall–Kier alpha value is -3.78. The van der Waals surface area contributed by atoms with Crippen molar-refractivity contribution < 1.29 is 9.13 Å². The Bertz CT molecular complexity index is 1340. The smallest absolute Gasteiger partial charge is 0.322 e. The van der Waals surface area contributed by atoms with Gasteiger partial charge in [0.05, 0.1) is 5.69 Å². The van der Waals surface area contributed by atoms with E-state index < -0.39 is 5.54 Å². The lowest BCUT2D eigenvalue weighted by molar-refractivity contribution is 0.146. The number of benzene rings is 2. The largest absolute Gasteiger partial charge is 0.424 e. The fraction of sp³-hybridized carbons (Fsp3) is 0.269. The second kappa shape index (κ2) is 8.87. The zero-order chi connectivity index (χ0) is 23.7. The van der Waals surface area contributed by atoms with Crippen LogP contribution in [-0.2, 0) is 12.6 Å². The van der Waals surface area contributed by atoms with Crippen LogP contribution in [0.3, 0.4) is 0 Å². The lowest BCUT2D eigenvalue weighted by Crippen LogP contribution is -2.58. The Labute approximate surface area is 196 Å². The lowest BCUT2D eigenvalue weighted by Gasteiger charge is -2.48. The summed E-state index contributed by atoms with van der Waals surface area (Å²) in [4.78, 5) is 22.2. The molecule has 4 aromatic rings. The number of rotatable bonds is 5. The standard InChI is InChI=1S/C26H26FN5O2/c1-18-16-26(19-8-10-20(27)11-9-19,32-24(33)13-15-31(32)2)22(17-29-18)23-12-14-28-25(30-23)34-21-6-4-3-5-7-21/h3-15,18,22,29H,16-17H2,1-2H3. The first kappa shape index (κ1) is 22.0. The molecule has 3 heterocycles. The molecule has 5 rings (SSSR count). The zero-order valence-electron chi connectivity index (χ0n) is 19.1. The number of nitrogens with zero attached hydrogens (tertiary/aromatic N) is 4. The van der Waals surface area contributed by atoms with E-state index in [1.165, 1.54) is 12.1 Å². The quantitative estimate of drug-likeness (QED) is 0.491. The van der Waals surface area contributed by atoms with E-state index in [0.717, 1.165) is 11.3 Å². The number of halogens is 1. The highest BCUT2D eigenvalue weighted by atomic mass is 19.1. The molecule has 8 heteroatoms. The van der Waals surface area contributed by atoms with Crippen molar-refractivity contribution in [3.63, 3.8) is 0 Å². The van der Waals surface area contributed by atoms with E-state index in [0.29, 0.717) is 18.7 Å². The van der Waals surface area contributed by atoms with E-state index in [2.05, 4.69) is 17.2 Å². The average Bonchev–Trinajstić information content (AvgIpc) is 3.18. The van der Waals surface area contributed by atoms with Gasteiger partial charge in [0.15, 0.2) is 0 Å². The highest BCUT2D eigenvalue weighted by molar-refractivity contribution is 5.35. The van der Waals surface area contributed by atoms with Crippen molar-refractivity contribution in [2.75, 3.05) is 6.54 Å². The zero-order valence-corrected chi connectivity index (χ0v) is 19.1. The number of para-hydroxylation sites is 1. The van der Waals surface area contributed by atoms with E-state index in [-0.39, 0.29) is 29.3 Å². The predicted molar refractivity (Wildman–Crippen MR) is 127 cm³/mol. The minimum atomic E-state index is -0.800. The van der Waals surface area contributed by atoms with Gasteiger partial charge < -0.3 is 10.1 Å². The van der Waals surface area contributed by atoms with Crippen molar-refractivity contribution in [1.29, 1.82) is 0 Å². The van der Waals surface area contributed by atoms with E-state index in [4.69, 9.17) is 9.72 Å². The maximum Gasteiger partial charge on any atom is 0.322 e. The van der Waals surface area contributed by atoms with Crippen molar-refractivity contribution in [2.45, 2.75) is 30.8 Å². The summed E-state index contributed by atoms with van der Waals surface area (Å²) in [6, 6.07) is 19.5. The molecule has 34 heavy (non-hydrogen) atoms. The van der Waals surface area contributed by atoms with Gasteiger partial charge in [0.25, 0.3) is 5.56 Å². The minimum absolute atomic E-state index is 0.116. The second-order valence-corrected chi connectivity index (χ2v) is 8.72. The Morgan fingerprint density at radius 3 is 2.56 bits per heavy atom. The second-order valence-electron chi connectivity index (χ2n) is 8.72. The third-order valence-corrected chi connectivity index (χ3v) is 6.51. The summed E-state index contributed by atoms with van der Waals surface area (Å²) in [5, 5.41) is 3.54. The molecule has 174 valence electrons. The first-order valence-electron chi connectivity index (χ1n) is 11.3. The van der Waals surface area contributed by atoms with Crippen LogP contribution in [0, 0.1) is 5.82 Å². The molecule has 1 fully saturated rings. The van der Waals surface area contributed by atoms with Gasteiger partial charge in [-0.25, -0.2) is 14.1 Å². The predicted octanol–water partition coefficient (Wildman–Crippen LogP) is 3.82. The molecular weight excluding hydrogens is 433 g/mol. The first-order valence-corrected chi connectivity index (χ1v) is 11.3. The number of hydrogen-bond donors (Lipinski definition) is 1. The van der Waals surface area contributed by atoms with Crippen molar-refractivity contribution in [1.82, 2.24) is 24.6 Å². The molecule has 0 amide bonds. The molecule has 0 radical (unpaired) electrons. The summed E-state index contributed by atoms with van der Waals surface area (Å²) in [5.41, 5.74) is 0.658. The van der Waals surface area contributed by atoms with Crippen molar-refractivity contribution in [3.8, 4) is 11.8 Å². The van der Waals surface area contributed by atoms with E-state index in [1.54, 1.807) is 40.0 Å². The number of aromatic nitrogens is 4. The van der Waals surface area contributed by atoms with Crippen LogP contribution in [0.25, 0.3) is 0 Å². The van der Waals surface area contributed by atoms with Crippen LogP contribution < -0.4 is 15.6 Å². The van der Waals surface area contributed by atoms with Crippen LogP contribution in [-0.4, -0.2) is 31.9 Å². The average molecular weight is 460 g/mol. The maximum absolute atomic E-state index is 13.9. The van der Waals surface area contributed by atoms with Crippen LogP contribution in [0.2, 0.25) is 0 Å². The number of aryl methyl sites for hydroxylation is 1. The third-order valence-electron chi connectivity index (χ3n) is 6.51. The first-order chi connectivity index (χ1) is 16.5. The Kier molecular flexibility index (Phi) is 5.75. The molecule has 3 unspecified atom stereocenters. The highest BCUT2D eigenvalue weighted by Gasteiger charge is 2.49. The van der Waals surface area contributed by atoms with Crippen molar-refractivity contribution in [3.05, 3.63) is 107 Å². The van der Waals surface area contributed by atoms with Crippen molar-refractivity contribution in [2.24, 2.45) is 7.05 Å². The van der Waals surface area contributed by atoms with Gasteiger partial charge in [-0.2, -0.15) is 4.98 Å². The molecule has 1 aliphatic rings. The molecule has 0 aliphatic carbocycles. The topological polar surface area (TPSA) is 74.0 Å². The van der Waals surface area contributed by atoms with Crippen LogP contribution in [0.15, 0.2) is 83.9 Å². The summed E-state index contributed by atoms with van der Waals surface area (Å²) in [7, 11) is 1.85. The van der Waals surface area contributed by atoms with Gasteiger partial charge >= 0.3 is 6.01 Å². The number of nitrogens with one attached hydrogen (secondary N) is 1. The molecule has 0 spiro atoms. The summed E-state index contributed by atoms with van der Waals surface area (Å²) in [5.74, 6) is 0.0670. The molecule has 2 aromatic carbocycles. The van der Waals surface area contributed by atoms with Crippen molar-refractivity contribution >= 4 is 0 Å². The molecule has 1 N–H and O–H groups in total. The fourth-order valence-electron chi connectivity index (χ4n) is 5.07. The molecular formula is C26H26FN5O2. The monoisotopic (exact) mass is 459 g/mol. The number of piperidine rings is 1. The third kappa shape index (κ3) is 3.90.